The lowest BCUT2D eigenvalue weighted by Crippen LogP contribution is -2.58. The van der Waals surface area contributed by atoms with Crippen LogP contribution in [0.4, 0.5) is 0 Å². The zero-order chi connectivity index (χ0) is 32.9. The number of hydrogen-bond acceptors (Lipinski definition) is 8. The van der Waals surface area contributed by atoms with Crippen molar-refractivity contribution < 1.29 is 33.0 Å². The van der Waals surface area contributed by atoms with Gasteiger partial charge in [0.1, 0.15) is 23.0 Å². The van der Waals surface area contributed by atoms with Gasteiger partial charge in [-0.25, -0.2) is 0 Å². The monoisotopic (exact) mass is 641 g/mol. The molecule has 6 rings (SSSR count). The fourth-order valence-corrected chi connectivity index (χ4v) is 5.81. The lowest BCUT2D eigenvalue weighted by atomic mass is 10.0. The van der Waals surface area contributed by atoms with Crippen molar-refractivity contribution in [2.75, 3.05) is 26.2 Å². The molecule has 2 atom stereocenters. The average molecular weight is 642 g/mol. The Hall–Kier alpha value is -5.10. The molecule has 0 aliphatic carbocycles. The van der Waals surface area contributed by atoms with Crippen molar-refractivity contribution >= 4 is 17.7 Å². The number of carbonyl (C=O) groups is 3. The van der Waals surface area contributed by atoms with Crippen molar-refractivity contribution in [2.45, 2.75) is 58.6 Å². The molecule has 0 saturated carbocycles. The van der Waals surface area contributed by atoms with Gasteiger partial charge in [-0.1, -0.05) is 12.1 Å². The Morgan fingerprint density at radius 1 is 1.09 bits per heavy atom. The van der Waals surface area contributed by atoms with Gasteiger partial charge in [-0.05, 0) is 75.2 Å². The zero-order valence-corrected chi connectivity index (χ0v) is 26.8. The molecule has 4 bridgehead atoms. The van der Waals surface area contributed by atoms with Gasteiger partial charge < -0.3 is 33.7 Å². The molecule has 0 spiro atoms. The highest BCUT2D eigenvalue weighted by atomic mass is 16.5. The first-order chi connectivity index (χ1) is 22.7. The highest BCUT2D eigenvalue weighted by molar-refractivity contribution is 5.97. The number of piperidine rings is 1. The Labute approximate surface area is 273 Å². The third kappa shape index (κ3) is 7.83. The first-order valence-corrected chi connectivity index (χ1v) is 15.9. The number of aromatic nitrogens is 2. The van der Waals surface area contributed by atoms with E-state index in [1.165, 1.54) is 4.90 Å². The Morgan fingerprint density at radius 3 is 2.74 bits per heavy atom. The smallest absolute Gasteiger partial charge is 0.289 e. The molecule has 12 heteroatoms. The third-order valence-electron chi connectivity index (χ3n) is 8.03. The summed E-state index contributed by atoms with van der Waals surface area (Å²) in [5, 5.41) is 7.25. The van der Waals surface area contributed by atoms with Crippen LogP contribution in [0.15, 0.2) is 77.5 Å². The van der Waals surface area contributed by atoms with Gasteiger partial charge in [0, 0.05) is 43.7 Å². The summed E-state index contributed by atoms with van der Waals surface area (Å²) in [6, 6.07) is 17.3. The summed E-state index contributed by atoms with van der Waals surface area (Å²) in [4.78, 5) is 43.9. The lowest BCUT2D eigenvalue weighted by molar-refractivity contribution is -0.124. The molecule has 2 aliphatic rings. The van der Waals surface area contributed by atoms with Crippen molar-refractivity contribution in [2.24, 2.45) is 0 Å². The number of likely N-dealkylation sites (N-methyl/N-ethyl adjacent to an activating group) is 1. The number of furan rings is 1. The fraction of sp³-hybridized carbons (Fsp3) is 0.371. The first-order valence-electron chi connectivity index (χ1n) is 15.9. The van der Waals surface area contributed by atoms with Crippen molar-refractivity contribution in [3.05, 3.63) is 95.7 Å². The van der Waals surface area contributed by atoms with Crippen LogP contribution in [0.3, 0.4) is 0 Å². The quantitative estimate of drug-likeness (QED) is 0.326. The number of carbonyl (C=O) groups excluding carboxylic acids is 3. The number of rotatable bonds is 6. The van der Waals surface area contributed by atoms with Crippen LogP contribution in [0.5, 0.6) is 17.2 Å². The molecule has 0 radical (unpaired) electrons. The van der Waals surface area contributed by atoms with E-state index >= 15 is 0 Å². The molecule has 4 heterocycles. The van der Waals surface area contributed by atoms with Crippen molar-refractivity contribution in [1.29, 1.82) is 0 Å². The minimum absolute atomic E-state index is 0.119. The molecule has 1 N–H and O–H groups in total. The summed E-state index contributed by atoms with van der Waals surface area (Å²) >= 11 is 0. The highest BCUT2D eigenvalue weighted by Gasteiger charge is 2.35. The summed E-state index contributed by atoms with van der Waals surface area (Å²) in [5.41, 5.74) is 1.22. The molecule has 1 fully saturated rings. The van der Waals surface area contributed by atoms with E-state index < -0.39 is 6.04 Å². The molecule has 2 aliphatic heterocycles. The van der Waals surface area contributed by atoms with Gasteiger partial charge in [0.05, 0.1) is 37.9 Å². The van der Waals surface area contributed by atoms with Crippen molar-refractivity contribution in [3.8, 4) is 17.2 Å². The maximum absolute atomic E-state index is 13.7. The summed E-state index contributed by atoms with van der Waals surface area (Å²) in [6.07, 6.45) is 3.50. The Kier molecular flexibility index (Phi) is 9.58. The predicted molar refractivity (Wildman–Crippen MR) is 171 cm³/mol. The van der Waals surface area contributed by atoms with Crippen molar-refractivity contribution in [3.63, 3.8) is 0 Å². The molecular formula is C35H39N5O7. The van der Waals surface area contributed by atoms with Gasteiger partial charge in [0.15, 0.2) is 5.76 Å². The van der Waals surface area contributed by atoms with Crippen LogP contribution in [0, 0.1) is 0 Å². The number of hydrogen-bond donors (Lipinski definition) is 1. The predicted octanol–water partition coefficient (Wildman–Crippen LogP) is 4.50. The molecule has 246 valence electrons. The number of nitrogens with one attached hydrogen (secondary N) is 1. The first kappa shape index (κ1) is 31.9. The van der Waals surface area contributed by atoms with E-state index in [1.54, 1.807) is 46.1 Å². The molecule has 2 aromatic carbocycles. The van der Waals surface area contributed by atoms with E-state index in [-0.39, 0.29) is 55.4 Å². The second-order valence-corrected chi connectivity index (χ2v) is 12.0. The lowest BCUT2D eigenvalue weighted by Gasteiger charge is -2.38. The van der Waals surface area contributed by atoms with Gasteiger partial charge in [0.2, 0.25) is 5.91 Å². The standard InChI is InChI=1S/C35H39N5O7/c1-4-38-21-33(41)37-30-20-39(35(43)32-10-9-27(47-32)19-40-13-6-12-36-40)14-11-31(30)44-22-24-7-5-8-26(15-24)46-29-17-25(34(38)42)16-28(18-29)45-23(2)3/h5-10,12-13,15-18,23,30-31H,4,11,14,19-22H2,1-3H3,(H,37,41)/t30-,31-/m0/s1. The number of amides is 3. The summed E-state index contributed by atoms with van der Waals surface area (Å²) in [5.74, 6) is 1.38. The Bertz CT molecular complexity index is 1720. The van der Waals surface area contributed by atoms with Gasteiger partial charge in [-0.15, -0.1) is 0 Å². The van der Waals surface area contributed by atoms with E-state index in [9.17, 15) is 14.4 Å². The van der Waals surface area contributed by atoms with Gasteiger partial charge >= 0.3 is 0 Å². The molecule has 47 heavy (non-hydrogen) atoms. The van der Waals surface area contributed by atoms with Crippen LogP contribution in [-0.4, -0.2) is 81.7 Å². The minimum atomic E-state index is -0.519. The van der Waals surface area contributed by atoms with Crippen LogP contribution in [0.25, 0.3) is 0 Å². The van der Waals surface area contributed by atoms with Gasteiger partial charge in [0.25, 0.3) is 11.8 Å². The molecule has 12 nitrogen and oxygen atoms in total. The minimum Gasteiger partial charge on any atom is -0.491 e. The fourth-order valence-electron chi connectivity index (χ4n) is 5.81. The maximum Gasteiger partial charge on any atom is 0.289 e. The van der Waals surface area contributed by atoms with E-state index in [1.807, 2.05) is 57.3 Å². The highest BCUT2D eigenvalue weighted by Crippen LogP contribution is 2.30. The number of ether oxygens (including phenoxy) is 3. The molecular weight excluding hydrogens is 602 g/mol. The maximum atomic E-state index is 13.7. The summed E-state index contributed by atoms with van der Waals surface area (Å²) in [6.45, 7) is 7.07. The molecule has 2 aromatic heterocycles. The number of fused-ring (bicyclic) bond motifs is 5. The zero-order valence-electron chi connectivity index (χ0n) is 26.8. The molecule has 1 saturated heterocycles. The van der Waals surface area contributed by atoms with Crippen molar-refractivity contribution in [1.82, 2.24) is 24.9 Å². The number of benzene rings is 2. The second kappa shape index (κ2) is 14.1. The summed E-state index contributed by atoms with van der Waals surface area (Å²) < 4.78 is 26.1. The molecule has 3 amide bonds. The van der Waals surface area contributed by atoms with E-state index in [0.29, 0.717) is 54.6 Å². The van der Waals surface area contributed by atoms with Gasteiger partial charge in [-0.2, -0.15) is 5.10 Å². The average Bonchev–Trinajstić information content (AvgIpc) is 3.74. The SMILES string of the molecule is CCN1CC(=O)N[C@H]2CN(C(=O)c3ccc(Cn4cccn4)o3)CC[C@@H]2OCc2cccc(c2)Oc2cc(OC(C)C)cc(c2)C1=O. The topological polar surface area (TPSA) is 128 Å². The van der Waals surface area contributed by atoms with Crippen LogP contribution in [-0.2, 0) is 22.7 Å². The molecule has 4 aromatic rings. The van der Waals surface area contributed by atoms with Crippen LogP contribution >= 0.6 is 0 Å². The van der Waals surface area contributed by atoms with Crippen LogP contribution in [0.2, 0.25) is 0 Å². The van der Waals surface area contributed by atoms with E-state index in [2.05, 4.69) is 10.4 Å². The third-order valence-corrected chi connectivity index (χ3v) is 8.03. The largest absolute Gasteiger partial charge is 0.491 e. The Morgan fingerprint density at radius 2 is 1.96 bits per heavy atom. The van der Waals surface area contributed by atoms with Crippen LogP contribution in [0.1, 0.15) is 59.4 Å². The second-order valence-electron chi connectivity index (χ2n) is 12.0. The summed E-state index contributed by atoms with van der Waals surface area (Å²) in [7, 11) is 0. The van der Waals surface area contributed by atoms with E-state index in [0.717, 1.165) is 5.56 Å². The van der Waals surface area contributed by atoms with Crippen LogP contribution < -0.4 is 14.8 Å². The van der Waals surface area contributed by atoms with Gasteiger partial charge in [-0.3, -0.25) is 19.1 Å². The number of likely N-dealkylation sites (tertiary alicyclic amines) is 1. The van der Waals surface area contributed by atoms with E-state index in [4.69, 9.17) is 18.6 Å². The molecule has 0 unspecified atom stereocenters. The number of nitrogens with zero attached hydrogens (tertiary/aromatic N) is 4. The Balaban J connectivity index is 1.24. The normalized spacial score (nSPS) is 18.8.